The minimum Gasteiger partial charge on any atom is -0.394 e. The van der Waals surface area contributed by atoms with Crippen molar-refractivity contribution < 1.29 is 74.2 Å². The largest absolute Gasteiger partial charge is 0.394 e. The van der Waals surface area contributed by atoms with Gasteiger partial charge in [0, 0.05) is 23.2 Å². The molecule has 2 heterocycles. The van der Waals surface area contributed by atoms with E-state index in [1.807, 2.05) is 13.0 Å². The predicted molar refractivity (Wildman–Crippen MR) is 159 cm³/mol. The van der Waals surface area contributed by atoms with Gasteiger partial charge in [0.2, 0.25) is 5.79 Å². The average Bonchev–Trinajstić information content (AvgIpc) is 3.49. The van der Waals surface area contributed by atoms with Crippen LogP contribution < -0.4 is 0 Å². The van der Waals surface area contributed by atoms with Crippen molar-refractivity contribution in [1.82, 2.24) is 0 Å². The molecule has 0 aromatic carbocycles. The molecule has 1 unspecified atom stereocenters. The van der Waals surface area contributed by atoms with Crippen LogP contribution in [0.2, 0.25) is 0 Å². The highest BCUT2D eigenvalue weighted by Gasteiger charge is 2.69. The molecule has 0 bridgehead atoms. The second kappa shape index (κ2) is 12.7. The summed E-state index contributed by atoms with van der Waals surface area (Å²) in [4.78, 5) is 39.9. The van der Waals surface area contributed by atoms with Crippen molar-refractivity contribution in [3.63, 3.8) is 0 Å². The summed E-state index contributed by atoms with van der Waals surface area (Å²) in [6, 6.07) is 0. The Labute approximate surface area is 276 Å². The molecule has 6 rings (SSSR count). The molecule has 2 saturated heterocycles. The topological polar surface area (TPSA) is 250 Å². The van der Waals surface area contributed by atoms with Gasteiger partial charge in [-0.15, -0.1) is 0 Å². The molecule has 6 aliphatic rings. The average molecular weight is 683 g/mol. The Morgan fingerprint density at radius 1 is 1.00 bits per heavy atom. The summed E-state index contributed by atoms with van der Waals surface area (Å²) < 4.78 is 22.4. The SMILES string of the molecule is C[C@]12C=CC(=O)C=C1CC[C@@H]1[C@@H]2C(=O)C[C@@]2(C)[C@H]1CC[C@]2(O)C(=O)COC1(CO)O[C@H](CO)[C@@H](O[C@H]2O[C@@H](CO)[C@@H](O)[C@@H](O)[C@@H]2O)[C@@H]1O. The van der Waals surface area contributed by atoms with Gasteiger partial charge in [0.15, 0.2) is 17.9 Å². The summed E-state index contributed by atoms with van der Waals surface area (Å²) in [6.07, 6.45) is -6.56. The standard InChI is InChI=1S/C33H46O15/c1-30-7-5-16(37)9-15(30)3-4-17-18-6-8-32(44,31(18,2)10-19(38)23(17)30)22(39)13-45-33(14-36)28(43)27(21(12-35)48-33)47-29-26(42)25(41)24(40)20(11-34)46-29/h5,7,9,17-18,20-21,23-29,34-36,40-44H,3-4,6,8,10-14H2,1-2H3/t17-,18-,20-,21+,23+,24+,25+,26-,27+,28-,29+,30-,31-,32-,33?/m0/s1. The molecule has 0 amide bonds. The lowest BCUT2D eigenvalue weighted by Gasteiger charge is -2.56. The van der Waals surface area contributed by atoms with Gasteiger partial charge in [-0.1, -0.05) is 25.5 Å². The Hall–Kier alpha value is -1.99. The molecule has 48 heavy (non-hydrogen) atoms. The van der Waals surface area contributed by atoms with E-state index in [9.17, 15) is 55.2 Å². The van der Waals surface area contributed by atoms with E-state index in [2.05, 4.69) is 0 Å². The Morgan fingerprint density at radius 2 is 1.71 bits per heavy atom. The van der Waals surface area contributed by atoms with Gasteiger partial charge in [0.25, 0.3) is 0 Å². The van der Waals surface area contributed by atoms with Crippen molar-refractivity contribution in [2.75, 3.05) is 26.4 Å². The van der Waals surface area contributed by atoms with Crippen LogP contribution in [0.5, 0.6) is 0 Å². The van der Waals surface area contributed by atoms with Crippen LogP contribution in [0.3, 0.4) is 0 Å². The molecule has 2 aliphatic heterocycles. The zero-order valence-electron chi connectivity index (χ0n) is 26.9. The van der Waals surface area contributed by atoms with E-state index in [1.54, 1.807) is 13.0 Å². The minimum atomic E-state index is -2.34. The van der Waals surface area contributed by atoms with Gasteiger partial charge in [-0.25, -0.2) is 0 Å². The molecule has 5 fully saturated rings. The zero-order chi connectivity index (χ0) is 35.0. The van der Waals surface area contributed by atoms with Crippen LogP contribution in [-0.4, -0.2) is 145 Å². The number of rotatable bonds is 9. The molecule has 8 N–H and O–H groups in total. The third-order valence-electron chi connectivity index (χ3n) is 12.3. The molecule has 0 radical (unpaired) electrons. The molecule has 15 nitrogen and oxygen atoms in total. The third kappa shape index (κ3) is 5.21. The van der Waals surface area contributed by atoms with Gasteiger partial charge in [-0.3, -0.25) is 14.4 Å². The van der Waals surface area contributed by atoms with Crippen molar-refractivity contribution in [2.45, 2.75) is 106 Å². The molecule has 15 atom stereocenters. The van der Waals surface area contributed by atoms with Crippen molar-refractivity contribution in [3.05, 3.63) is 23.8 Å². The first-order chi connectivity index (χ1) is 22.6. The lowest BCUT2D eigenvalue weighted by atomic mass is 9.46. The summed E-state index contributed by atoms with van der Waals surface area (Å²) in [5, 5.41) is 83.7. The molecular formula is C33H46O15. The van der Waals surface area contributed by atoms with Crippen LogP contribution in [0, 0.1) is 28.6 Å². The number of aliphatic hydroxyl groups excluding tert-OH is 7. The maximum Gasteiger partial charge on any atom is 0.222 e. The molecule has 15 heteroatoms. The summed E-state index contributed by atoms with van der Waals surface area (Å²) in [5.41, 5.74) is -2.83. The predicted octanol–water partition coefficient (Wildman–Crippen LogP) is -2.58. The second-order valence-electron chi connectivity index (χ2n) is 14.7. The lowest BCUT2D eigenvalue weighted by Crippen LogP contribution is -2.61. The number of Topliss-reactive ketones (excluding diaryl/α,β-unsaturated/α-hetero) is 2. The first kappa shape index (κ1) is 35.8. The fourth-order valence-electron chi connectivity index (χ4n) is 9.58. The fourth-order valence-corrected chi connectivity index (χ4v) is 9.58. The summed E-state index contributed by atoms with van der Waals surface area (Å²) >= 11 is 0. The summed E-state index contributed by atoms with van der Waals surface area (Å²) in [7, 11) is 0. The van der Waals surface area contributed by atoms with Gasteiger partial charge >= 0.3 is 0 Å². The normalized spacial score (nSPS) is 50.1. The molecule has 268 valence electrons. The molecule has 0 aromatic rings. The lowest BCUT2D eigenvalue weighted by molar-refractivity contribution is -0.319. The first-order valence-corrected chi connectivity index (χ1v) is 16.5. The second-order valence-corrected chi connectivity index (χ2v) is 14.7. The summed E-state index contributed by atoms with van der Waals surface area (Å²) in [5.74, 6) is -4.04. The van der Waals surface area contributed by atoms with Crippen molar-refractivity contribution >= 4 is 17.3 Å². The number of carbonyl (C=O) groups excluding carboxylic acids is 3. The van der Waals surface area contributed by atoms with Crippen LogP contribution in [0.15, 0.2) is 23.8 Å². The molecule has 3 saturated carbocycles. The van der Waals surface area contributed by atoms with E-state index in [0.29, 0.717) is 19.3 Å². The van der Waals surface area contributed by atoms with E-state index in [1.165, 1.54) is 6.08 Å². The minimum absolute atomic E-state index is 0.0538. The maximum absolute atomic E-state index is 13.9. The highest BCUT2D eigenvalue weighted by molar-refractivity contribution is 6.02. The molecule has 0 spiro atoms. The Balaban J connectivity index is 1.17. The first-order valence-electron chi connectivity index (χ1n) is 16.5. The highest BCUT2D eigenvalue weighted by atomic mass is 16.8. The quantitative estimate of drug-likeness (QED) is 0.124. The van der Waals surface area contributed by atoms with Crippen molar-refractivity contribution in [3.8, 4) is 0 Å². The number of allylic oxidation sites excluding steroid dienone is 4. The van der Waals surface area contributed by atoms with E-state index < -0.39 is 109 Å². The van der Waals surface area contributed by atoms with Gasteiger partial charge < -0.3 is 59.8 Å². The third-order valence-corrected chi connectivity index (χ3v) is 12.3. The van der Waals surface area contributed by atoms with Gasteiger partial charge in [0.05, 0.1) is 13.2 Å². The maximum atomic E-state index is 13.9. The number of carbonyl (C=O) groups is 3. The number of ketones is 3. The number of hydrogen-bond acceptors (Lipinski definition) is 15. The van der Waals surface area contributed by atoms with Crippen LogP contribution in [-0.2, 0) is 33.3 Å². The van der Waals surface area contributed by atoms with E-state index in [0.717, 1.165) is 5.57 Å². The van der Waals surface area contributed by atoms with Gasteiger partial charge in [-0.05, 0) is 49.7 Å². The van der Waals surface area contributed by atoms with Crippen LogP contribution >= 0.6 is 0 Å². The van der Waals surface area contributed by atoms with Gasteiger partial charge in [0.1, 0.15) is 67.3 Å². The number of ether oxygens (including phenoxy) is 4. The fraction of sp³-hybridized carbons (Fsp3) is 0.788. The van der Waals surface area contributed by atoms with Crippen molar-refractivity contribution in [1.29, 1.82) is 0 Å². The molecule has 0 aromatic heterocycles. The number of hydrogen-bond donors (Lipinski definition) is 8. The van der Waals surface area contributed by atoms with E-state index in [4.69, 9.17) is 18.9 Å². The number of fused-ring (bicyclic) bond motifs is 5. The van der Waals surface area contributed by atoms with Crippen LogP contribution in [0.1, 0.15) is 46.0 Å². The molecule has 4 aliphatic carbocycles. The zero-order valence-corrected chi connectivity index (χ0v) is 26.9. The Kier molecular flexibility index (Phi) is 9.44. The number of aliphatic hydroxyl groups is 8. The van der Waals surface area contributed by atoms with E-state index in [-0.39, 0.29) is 36.2 Å². The monoisotopic (exact) mass is 682 g/mol. The van der Waals surface area contributed by atoms with Crippen molar-refractivity contribution in [2.24, 2.45) is 28.6 Å². The van der Waals surface area contributed by atoms with Crippen LogP contribution in [0.4, 0.5) is 0 Å². The highest BCUT2D eigenvalue weighted by Crippen LogP contribution is 2.66. The smallest absolute Gasteiger partial charge is 0.222 e. The molecular weight excluding hydrogens is 636 g/mol. The Bertz CT molecular complexity index is 1360. The summed E-state index contributed by atoms with van der Waals surface area (Å²) in [6.45, 7) is 0.297. The van der Waals surface area contributed by atoms with E-state index >= 15 is 0 Å². The van der Waals surface area contributed by atoms with Crippen LogP contribution in [0.25, 0.3) is 0 Å². The Morgan fingerprint density at radius 3 is 2.38 bits per heavy atom. The van der Waals surface area contributed by atoms with Gasteiger partial charge in [-0.2, -0.15) is 0 Å².